The third-order valence-electron chi connectivity index (χ3n) is 4.13. The van der Waals surface area contributed by atoms with E-state index in [-0.39, 0.29) is 0 Å². The SMILES string of the molecule is COC[C@@H]1CN(Cc2ccc(OC)cc2)Cc2cn(C)nc21. The van der Waals surface area contributed by atoms with Crippen LogP contribution in [0.15, 0.2) is 30.5 Å². The summed E-state index contributed by atoms with van der Waals surface area (Å²) < 4.78 is 12.5. The fraction of sp³-hybridized carbons (Fsp3) is 0.471. The molecule has 1 aromatic heterocycles. The van der Waals surface area contributed by atoms with Gasteiger partial charge < -0.3 is 9.47 Å². The number of aromatic nitrogens is 2. The summed E-state index contributed by atoms with van der Waals surface area (Å²) in [6.45, 7) is 3.56. The molecule has 0 radical (unpaired) electrons. The Hall–Kier alpha value is -1.85. The number of fused-ring (bicyclic) bond motifs is 1. The Balaban J connectivity index is 1.74. The lowest BCUT2D eigenvalue weighted by atomic mass is 9.97. The average Bonchev–Trinajstić information content (AvgIpc) is 2.89. The molecule has 1 aliphatic heterocycles. The number of hydrogen-bond donors (Lipinski definition) is 0. The van der Waals surface area contributed by atoms with Crippen LogP contribution in [0.2, 0.25) is 0 Å². The van der Waals surface area contributed by atoms with Gasteiger partial charge in [0, 0.05) is 51.5 Å². The number of methoxy groups -OCH3 is 2. The van der Waals surface area contributed by atoms with Crippen LogP contribution in [0.1, 0.15) is 22.7 Å². The fourth-order valence-corrected chi connectivity index (χ4v) is 3.17. The molecule has 1 aromatic carbocycles. The van der Waals surface area contributed by atoms with Crippen molar-refractivity contribution < 1.29 is 9.47 Å². The molecule has 1 atom stereocenters. The van der Waals surface area contributed by atoms with E-state index in [0.717, 1.165) is 25.4 Å². The molecule has 2 heterocycles. The monoisotopic (exact) mass is 301 g/mol. The van der Waals surface area contributed by atoms with Crippen molar-refractivity contribution in [3.63, 3.8) is 0 Å². The number of benzene rings is 1. The van der Waals surface area contributed by atoms with E-state index < -0.39 is 0 Å². The van der Waals surface area contributed by atoms with Crippen LogP contribution in [0.25, 0.3) is 0 Å². The molecular formula is C17H23N3O2. The van der Waals surface area contributed by atoms with Gasteiger partial charge in [-0.3, -0.25) is 9.58 Å². The van der Waals surface area contributed by atoms with Crippen molar-refractivity contribution in [2.24, 2.45) is 7.05 Å². The summed E-state index contributed by atoms with van der Waals surface area (Å²) in [6, 6.07) is 8.29. The molecular weight excluding hydrogens is 278 g/mol. The van der Waals surface area contributed by atoms with E-state index in [1.165, 1.54) is 16.8 Å². The van der Waals surface area contributed by atoms with Gasteiger partial charge in [-0.1, -0.05) is 12.1 Å². The first-order chi connectivity index (χ1) is 10.7. The van der Waals surface area contributed by atoms with Crippen LogP contribution in [-0.4, -0.2) is 42.1 Å². The molecule has 0 spiro atoms. The zero-order chi connectivity index (χ0) is 15.5. The molecule has 0 fully saturated rings. The van der Waals surface area contributed by atoms with Gasteiger partial charge in [0.1, 0.15) is 5.75 Å². The van der Waals surface area contributed by atoms with Gasteiger partial charge in [-0.05, 0) is 17.7 Å². The smallest absolute Gasteiger partial charge is 0.118 e. The Morgan fingerprint density at radius 3 is 2.68 bits per heavy atom. The molecule has 2 aromatic rings. The average molecular weight is 301 g/mol. The molecule has 0 amide bonds. The van der Waals surface area contributed by atoms with Gasteiger partial charge in [-0.25, -0.2) is 0 Å². The van der Waals surface area contributed by atoms with Gasteiger partial charge in [0.05, 0.1) is 19.4 Å². The summed E-state index contributed by atoms with van der Waals surface area (Å²) in [6.07, 6.45) is 2.12. The second-order valence-electron chi connectivity index (χ2n) is 5.88. The predicted molar refractivity (Wildman–Crippen MR) is 84.9 cm³/mol. The largest absolute Gasteiger partial charge is 0.497 e. The molecule has 1 aliphatic rings. The van der Waals surface area contributed by atoms with E-state index in [1.54, 1.807) is 14.2 Å². The fourth-order valence-electron chi connectivity index (χ4n) is 3.17. The lowest BCUT2D eigenvalue weighted by Crippen LogP contribution is -2.34. The lowest BCUT2D eigenvalue weighted by Gasteiger charge is -2.31. The van der Waals surface area contributed by atoms with E-state index in [1.807, 2.05) is 23.9 Å². The maximum absolute atomic E-state index is 5.38. The molecule has 0 saturated carbocycles. The normalized spacial score (nSPS) is 18.2. The summed E-state index contributed by atoms with van der Waals surface area (Å²) in [5, 5.41) is 4.61. The number of ether oxygens (including phenoxy) is 2. The van der Waals surface area contributed by atoms with Crippen LogP contribution >= 0.6 is 0 Å². The Morgan fingerprint density at radius 1 is 1.23 bits per heavy atom. The Bertz CT molecular complexity index is 621. The van der Waals surface area contributed by atoms with Crippen LogP contribution < -0.4 is 4.74 Å². The minimum absolute atomic E-state index is 0.341. The quantitative estimate of drug-likeness (QED) is 0.848. The zero-order valence-electron chi connectivity index (χ0n) is 13.5. The van der Waals surface area contributed by atoms with Crippen molar-refractivity contribution >= 4 is 0 Å². The summed E-state index contributed by atoms with van der Waals surface area (Å²) in [5.41, 5.74) is 3.80. The molecule has 3 rings (SSSR count). The standard InChI is InChI=1S/C17H23N3O2/c1-19-9-14-10-20(11-15(12-21-2)17(14)18-19)8-13-4-6-16(22-3)7-5-13/h4-7,9,15H,8,10-12H2,1-3H3/t15-/m0/s1. The predicted octanol–water partition coefficient (Wildman–Crippen LogP) is 2.17. The van der Waals surface area contributed by atoms with E-state index in [2.05, 4.69) is 28.3 Å². The van der Waals surface area contributed by atoms with Crippen molar-refractivity contribution in [3.05, 3.63) is 47.3 Å². The molecule has 0 aliphatic carbocycles. The van der Waals surface area contributed by atoms with Gasteiger partial charge in [0.25, 0.3) is 0 Å². The topological polar surface area (TPSA) is 39.5 Å². The molecule has 5 nitrogen and oxygen atoms in total. The van der Waals surface area contributed by atoms with Gasteiger partial charge in [0.2, 0.25) is 0 Å². The number of nitrogens with zero attached hydrogens (tertiary/aromatic N) is 3. The van der Waals surface area contributed by atoms with Crippen molar-refractivity contribution in [1.82, 2.24) is 14.7 Å². The van der Waals surface area contributed by atoms with Crippen LogP contribution in [0.5, 0.6) is 5.75 Å². The van der Waals surface area contributed by atoms with E-state index in [9.17, 15) is 0 Å². The number of rotatable bonds is 5. The van der Waals surface area contributed by atoms with Crippen molar-refractivity contribution in [1.29, 1.82) is 0 Å². The van der Waals surface area contributed by atoms with E-state index in [4.69, 9.17) is 9.47 Å². The lowest BCUT2D eigenvalue weighted by molar-refractivity contribution is 0.134. The van der Waals surface area contributed by atoms with Crippen molar-refractivity contribution in [2.75, 3.05) is 27.4 Å². The Morgan fingerprint density at radius 2 is 2.00 bits per heavy atom. The third kappa shape index (κ3) is 3.15. The van der Waals surface area contributed by atoms with E-state index in [0.29, 0.717) is 12.5 Å². The molecule has 22 heavy (non-hydrogen) atoms. The first-order valence-corrected chi connectivity index (χ1v) is 7.56. The van der Waals surface area contributed by atoms with Crippen LogP contribution in [-0.2, 0) is 24.9 Å². The summed E-state index contributed by atoms with van der Waals surface area (Å²) in [7, 11) is 5.43. The zero-order valence-corrected chi connectivity index (χ0v) is 13.5. The number of aryl methyl sites for hydroxylation is 1. The third-order valence-corrected chi connectivity index (χ3v) is 4.13. The summed E-state index contributed by atoms with van der Waals surface area (Å²) in [5.74, 6) is 1.24. The maximum Gasteiger partial charge on any atom is 0.118 e. The Kier molecular flexibility index (Phi) is 4.45. The first kappa shape index (κ1) is 15.1. The van der Waals surface area contributed by atoms with Gasteiger partial charge in [-0.2, -0.15) is 5.10 Å². The second kappa shape index (κ2) is 6.50. The molecule has 0 saturated heterocycles. The highest BCUT2D eigenvalue weighted by Crippen LogP contribution is 2.28. The van der Waals surface area contributed by atoms with Gasteiger partial charge in [-0.15, -0.1) is 0 Å². The highest BCUT2D eigenvalue weighted by atomic mass is 16.5. The highest BCUT2D eigenvalue weighted by molar-refractivity contribution is 5.28. The minimum atomic E-state index is 0.341. The van der Waals surface area contributed by atoms with Crippen LogP contribution in [0.4, 0.5) is 0 Å². The van der Waals surface area contributed by atoms with Crippen molar-refractivity contribution in [2.45, 2.75) is 19.0 Å². The number of hydrogen-bond acceptors (Lipinski definition) is 4. The molecule has 0 N–H and O–H groups in total. The molecule has 118 valence electrons. The second-order valence-corrected chi connectivity index (χ2v) is 5.88. The molecule has 0 unspecified atom stereocenters. The first-order valence-electron chi connectivity index (χ1n) is 7.56. The minimum Gasteiger partial charge on any atom is -0.497 e. The molecule has 5 heteroatoms. The van der Waals surface area contributed by atoms with Gasteiger partial charge in [0.15, 0.2) is 0 Å². The van der Waals surface area contributed by atoms with E-state index >= 15 is 0 Å². The van der Waals surface area contributed by atoms with Crippen LogP contribution in [0, 0.1) is 0 Å². The van der Waals surface area contributed by atoms with Crippen LogP contribution in [0.3, 0.4) is 0 Å². The summed E-state index contributed by atoms with van der Waals surface area (Å²) >= 11 is 0. The Labute approximate surface area is 131 Å². The highest BCUT2D eigenvalue weighted by Gasteiger charge is 2.28. The van der Waals surface area contributed by atoms with Gasteiger partial charge >= 0.3 is 0 Å². The molecule has 0 bridgehead atoms. The van der Waals surface area contributed by atoms with Crippen molar-refractivity contribution in [3.8, 4) is 5.75 Å². The summed E-state index contributed by atoms with van der Waals surface area (Å²) in [4.78, 5) is 2.45. The maximum atomic E-state index is 5.38.